The quantitative estimate of drug-likeness (QED) is 0.741. The van der Waals surface area contributed by atoms with E-state index in [-0.39, 0.29) is 11.8 Å². The molecule has 3 heteroatoms. The predicted octanol–water partition coefficient (Wildman–Crippen LogP) is 1.31. The van der Waals surface area contributed by atoms with Crippen molar-refractivity contribution >= 4 is 5.91 Å². The van der Waals surface area contributed by atoms with Gasteiger partial charge in [0, 0.05) is 19.1 Å². The number of amides is 1. The average Bonchev–Trinajstić information content (AvgIpc) is 2.79. The van der Waals surface area contributed by atoms with Gasteiger partial charge in [-0.1, -0.05) is 6.92 Å². The lowest BCUT2D eigenvalue weighted by molar-refractivity contribution is -0.121. The van der Waals surface area contributed by atoms with Crippen LogP contribution in [0.2, 0.25) is 0 Å². The average molecular weight is 197 g/mol. The molecule has 1 aliphatic heterocycles. The molecule has 0 aromatic carbocycles. The van der Waals surface area contributed by atoms with Crippen LogP contribution < -0.4 is 5.73 Å². The van der Waals surface area contributed by atoms with E-state index in [9.17, 15) is 4.79 Å². The first kappa shape index (κ1) is 9.97. The van der Waals surface area contributed by atoms with E-state index >= 15 is 0 Å². The Morgan fingerprint density at radius 2 is 2.21 bits per heavy atom. The van der Waals surface area contributed by atoms with E-state index in [1.54, 1.807) is 0 Å². The number of hydrogen-bond acceptors (Lipinski definition) is 2. The smallest absolute Gasteiger partial charge is 0.220 e. The lowest BCUT2D eigenvalue weighted by atomic mass is 9.90. The van der Waals surface area contributed by atoms with E-state index in [0.29, 0.717) is 5.41 Å². The summed E-state index contributed by atoms with van der Waals surface area (Å²) in [5.74, 6) is 0.621. The van der Waals surface area contributed by atoms with Gasteiger partial charge >= 0.3 is 0 Å². The summed E-state index contributed by atoms with van der Waals surface area (Å²) in [5.41, 5.74) is 5.80. The van der Waals surface area contributed by atoms with Gasteiger partial charge in [-0.25, -0.2) is 0 Å². The lowest BCUT2D eigenvalue weighted by Gasteiger charge is -2.23. The summed E-state index contributed by atoms with van der Waals surface area (Å²) >= 11 is 0. The van der Waals surface area contributed by atoms with Gasteiger partial charge in [-0.2, -0.15) is 0 Å². The SMILES string of the molecule is CC(C[C@H]1CC12CCOCC2)C(N)=O. The van der Waals surface area contributed by atoms with E-state index in [1.807, 2.05) is 6.92 Å². The van der Waals surface area contributed by atoms with Gasteiger partial charge in [0.15, 0.2) is 0 Å². The topological polar surface area (TPSA) is 52.3 Å². The molecule has 2 aliphatic rings. The zero-order valence-electron chi connectivity index (χ0n) is 8.79. The van der Waals surface area contributed by atoms with Crippen molar-refractivity contribution < 1.29 is 9.53 Å². The Balaban J connectivity index is 1.82. The second-order valence-corrected chi connectivity index (χ2v) is 4.91. The summed E-state index contributed by atoms with van der Waals surface area (Å²) in [5, 5.41) is 0. The fraction of sp³-hybridized carbons (Fsp3) is 0.909. The van der Waals surface area contributed by atoms with Crippen molar-refractivity contribution in [2.75, 3.05) is 13.2 Å². The molecule has 0 aromatic rings. The highest BCUT2D eigenvalue weighted by atomic mass is 16.5. The molecule has 2 rings (SSSR count). The van der Waals surface area contributed by atoms with Crippen LogP contribution in [0.3, 0.4) is 0 Å². The Bertz CT molecular complexity index is 233. The van der Waals surface area contributed by atoms with Crippen molar-refractivity contribution in [3.8, 4) is 0 Å². The molecule has 1 amide bonds. The first-order valence-corrected chi connectivity index (χ1v) is 5.51. The fourth-order valence-electron chi connectivity index (χ4n) is 2.70. The van der Waals surface area contributed by atoms with Gasteiger partial charge < -0.3 is 10.5 Å². The molecule has 1 unspecified atom stereocenters. The molecule has 0 aromatic heterocycles. The predicted molar refractivity (Wildman–Crippen MR) is 53.6 cm³/mol. The summed E-state index contributed by atoms with van der Waals surface area (Å²) < 4.78 is 5.35. The zero-order chi connectivity index (χ0) is 10.2. The molecule has 2 N–H and O–H groups in total. The summed E-state index contributed by atoms with van der Waals surface area (Å²) in [6, 6.07) is 0. The standard InChI is InChI=1S/C11H19NO2/c1-8(10(12)13)6-9-7-11(9)2-4-14-5-3-11/h8-9H,2-7H2,1H3,(H2,12,13)/t8?,9-/m0/s1. The van der Waals surface area contributed by atoms with E-state index in [1.165, 1.54) is 19.3 Å². The van der Waals surface area contributed by atoms with E-state index in [0.717, 1.165) is 25.6 Å². The Morgan fingerprint density at radius 3 is 2.79 bits per heavy atom. The Labute approximate surface area is 85.0 Å². The van der Waals surface area contributed by atoms with Crippen LogP contribution in [-0.2, 0) is 9.53 Å². The Morgan fingerprint density at radius 1 is 1.57 bits per heavy atom. The molecule has 80 valence electrons. The minimum atomic E-state index is -0.154. The van der Waals surface area contributed by atoms with Gasteiger partial charge in [-0.3, -0.25) is 4.79 Å². The number of rotatable bonds is 3. The Hall–Kier alpha value is -0.570. The molecule has 1 saturated heterocycles. The maximum Gasteiger partial charge on any atom is 0.220 e. The molecule has 0 radical (unpaired) electrons. The molecule has 3 nitrogen and oxygen atoms in total. The van der Waals surface area contributed by atoms with Crippen LogP contribution in [-0.4, -0.2) is 19.1 Å². The molecular formula is C11H19NO2. The van der Waals surface area contributed by atoms with Crippen LogP contribution >= 0.6 is 0 Å². The third-order valence-electron chi connectivity index (χ3n) is 3.97. The number of carbonyl (C=O) groups is 1. The van der Waals surface area contributed by atoms with Crippen molar-refractivity contribution in [1.82, 2.24) is 0 Å². The van der Waals surface area contributed by atoms with Gasteiger partial charge in [0.25, 0.3) is 0 Å². The minimum absolute atomic E-state index is 0.0437. The molecule has 1 saturated carbocycles. The number of primary amides is 1. The van der Waals surface area contributed by atoms with Crippen LogP contribution in [0.4, 0.5) is 0 Å². The van der Waals surface area contributed by atoms with Gasteiger partial charge in [-0.05, 0) is 37.0 Å². The molecule has 1 heterocycles. The van der Waals surface area contributed by atoms with Crippen molar-refractivity contribution in [2.45, 2.75) is 32.6 Å². The molecule has 14 heavy (non-hydrogen) atoms. The summed E-state index contributed by atoms with van der Waals surface area (Å²) in [7, 11) is 0. The first-order valence-electron chi connectivity index (χ1n) is 5.51. The highest BCUT2D eigenvalue weighted by molar-refractivity contribution is 5.76. The highest BCUT2D eigenvalue weighted by Gasteiger charge is 2.54. The minimum Gasteiger partial charge on any atom is -0.381 e. The van der Waals surface area contributed by atoms with Gasteiger partial charge in [0.1, 0.15) is 0 Å². The molecule has 2 atom stereocenters. The van der Waals surface area contributed by atoms with Gasteiger partial charge in [0.05, 0.1) is 0 Å². The van der Waals surface area contributed by atoms with Crippen LogP contribution in [0.25, 0.3) is 0 Å². The third-order valence-corrected chi connectivity index (χ3v) is 3.97. The van der Waals surface area contributed by atoms with Gasteiger partial charge in [-0.15, -0.1) is 0 Å². The molecular weight excluding hydrogens is 178 g/mol. The van der Waals surface area contributed by atoms with Crippen LogP contribution in [0.5, 0.6) is 0 Å². The van der Waals surface area contributed by atoms with Crippen LogP contribution in [0, 0.1) is 17.3 Å². The van der Waals surface area contributed by atoms with Crippen LogP contribution in [0.1, 0.15) is 32.6 Å². The number of hydrogen-bond donors (Lipinski definition) is 1. The number of carbonyl (C=O) groups excluding carboxylic acids is 1. The molecule has 2 fully saturated rings. The van der Waals surface area contributed by atoms with Crippen molar-refractivity contribution in [2.24, 2.45) is 23.0 Å². The summed E-state index contributed by atoms with van der Waals surface area (Å²) in [6.45, 7) is 3.75. The van der Waals surface area contributed by atoms with Gasteiger partial charge in [0.2, 0.25) is 5.91 Å². The van der Waals surface area contributed by atoms with E-state index in [4.69, 9.17) is 10.5 Å². The largest absolute Gasteiger partial charge is 0.381 e. The van der Waals surface area contributed by atoms with E-state index < -0.39 is 0 Å². The second kappa shape index (κ2) is 3.54. The number of nitrogens with two attached hydrogens (primary N) is 1. The van der Waals surface area contributed by atoms with Crippen molar-refractivity contribution in [3.63, 3.8) is 0 Å². The maximum atomic E-state index is 10.9. The molecule has 1 aliphatic carbocycles. The maximum absolute atomic E-state index is 10.9. The lowest BCUT2D eigenvalue weighted by Crippen LogP contribution is -2.23. The zero-order valence-corrected chi connectivity index (χ0v) is 8.79. The third kappa shape index (κ3) is 1.78. The van der Waals surface area contributed by atoms with Crippen molar-refractivity contribution in [1.29, 1.82) is 0 Å². The normalized spacial score (nSPS) is 31.4. The molecule has 0 bridgehead atoms. The monoisotopic (exact) mass is 197 g/mol. The first-order chi connectivity index (χ1) is 6.64. The Kier molecular flexibility index (Phi) is 2.52. The van der Waals surface area contributed by atoms with Crippen molar-refractivity contribution in [3.05, 3.63) is 0 Å². The highest BCUT2D eigenvalue weighted by Crippen LogP contribution is 2.61. The second-order valence-electron chi connectivity index (χ2n) is 4.91. The van der Waals surface area contributed by atoms with Crippen LogP contribution in [0.15, 0.2) is 0 Å². The molecule has 1 spiro atoms. The van der Waals surface area contributed by atoms with E-state index in [2.05, 4.69) is 0 Å². The fourth-order valence-corrected chi connectivity index (χ4v) is 2.70. The number of ether oxygens (including phenoxy) is 1. The summed E-state index contributed by atoms with van der Waals surface area (Å²) in [4.78, 5) is 10.9. The summed E-state index contributed by atoms with van der Waals surface area (Å²) in [6.07, 6.45) is 4.63.